The molecule has 2 rings (SSSR count). The Morgan fingerprint density at radius 3 is 2.12 bits per heavy atom. The third-order valence-electron chi connectivity index (χ3n) is 2.04. The van der Waals surface area contributed by atoms with Crippen LogP contribution in [-0.4, -0.2) is 10.2 Å². The van der Waals surface area contributed by atoms with Gasteiger partial charge in [0.1, 0.15) is 23.0 Å². The van der Waals surface area contributed by atoms with Gasteiger partial charge in [-0.15, -0.1) is 0 Å². The molecule has 3 nitrogen and oxygen atoms in total. The van der Waals surface area contributed by atoms with Crippen molar-refractivity contribution in [3.63, 3.8) is 0 Å². The smallest absolute Gasteiger partial charge is 0.142 e. The Morgan fingerprint density at radius 1 is 0.882 bits per heavy atom. The number of hydrogen-bond donors (Lipinski definition) is 2. The quantitative estimate of drug-likeness (QED) is 0.673. The number of phenolic OH excluding ortho intramolecular Hbond substituents is 2. The summed E-state index contributed by atoms with van der Waals surface area (Å²) < 4.78 is 7.05. The Labute approximate surface area is 126 Å². The zero-order valence-corrected chi connectivity index (χ0v) is 12.8. The van der Waals surface area contributed by atoms with Gasteiger partial charge in [0, 0.05) is 6.07 Å². The van der Waals surface area contributed by atoms with Gasteiger partial charge in [-0.25, -0.2) is 0 Å². The molecule has 0 atom stereocenters. The van der Waals surface area contributed by atoms with Gasteiger partial charge in [-0.1, -0.05) is 6.07 Å². The second-order valence-electron chi connectivity index (χ2n) is 3.33. The predicted octanol–water partition coefficient (Wildman–Crippen LogP) is 4.10. The molecule has 2 aromatic rings. The molecule has 88 valence electrons. The van der Waals surface area contributed by atoms with E-state index in [0.29, 0.717) is 11.5 Å². The highest BCUT2D eigenvalue weighted by Gasteiger charge is 2.07. The van der Waals surface area contributed by atoms with Gasteiger partial charge in [-0.3, -0.25) is 0 Å². The van der Waals surface area contributed by atoms with Crippen molar-refractivity contribution >= 4 is 45.2 Å². The van der Waals surface area contributed by atoms with Gasteiger partial charge < -0.3 is 14.9 Å². The van der Waals surface area contributed by atoms with E-state index < -0.39 is 0 Å². The van der Waals surface area contributed by atoms with Crippen LogP contribution < -0.4 is 4.74 Å². The monoisotopic (exact) mass is 454 g/mol. The second kappa shape index (κ2) is 5.30. The molecule has 0 spiro atoms. The number of halogens is 2. The number of phenols is 2. The number of aromatic hydroxyl groups is 2. The number of benzene rings is 2. The Kier molecular flexibility index (Phi) is 3.97. The lowest BCUT2D eigenvalue weighted by atomic mass is 10.3. The minimum absolute atomic E-state index is 0.158. The van der Waals surface area contributed by atoms with E-state index >= 15 is 0 Å². The van der Waals surface area contributed by atoms with Gasteiger partial charge in [0.05, 0.1) is 7.14 Å². The largest absolute Gasteiger partial charge is 0.508 e. The van der Waals surface area contributed by atoms with Crippen molar-refractivity contribution in [2.45, 2.75) is 0 Å². The molecule has 17 heavy (non-hydrogen) atoms. The lowest BCUT2D eigenvalue weighted by Crippen LogP contribution is -1.87. The van der Waals surface area contributed by atoms with Crippen LogP contribution in [0.3, 0.4) is 0 Å². The van der Waals surface area contributed by atoms with Crippen molar-refractivity contribution in [1.82, 2.24) is 0 Å². The van der Waals surface area contributed by atoms with Gasteiger partial charge in [0.2, 0.25) is 0 Å². The Balaban J connectivity index is 2.31. The molecular formula is C12H8I2O3. The summed E-state index contributed by atoms with van der Waals surface area (Å²) in [6.07, 6.45) is 0. The zero-order chi connectivity index (χ0) is 12.4. The van der Waals surface area contributed by atoms with E-state index in [-0.39, 0.29) is 11.5 Å². The molecule has 0 radical (unpaired) electrons. The predicted molar refractivity (Wildman–Crippen MR) is 81.7 cm³/mol. The van der Waals surface area contributed by atoms with Gasteiger partial charge in [-0.05, 0) is 69.4 Å². The highest BCUT2D eigenvalue weighted by Crippen LogP contribution is 2.33. The van der Waals surface area contributed by atoms with Crippen molar-refractivity contribution in [1.29, 1.82) is 0 Å². The molecule has 0 aliphatic carbocycles. The Morgan fingerprint density at radius 2 is 1.53 bits per heavy atom. The van der Waals surface area contributed by atoms with Gasteiger partial charge in [0.15, 0.2) is 0 Å². The van der Waals surface area contributed by atoms with Crippen LogP contribution in [0.25, 0.3) is 0 Å². The average Bonchev–Trinajstić information content (AvgIpc) is 2.26. The number of rotatable bonds is 2. The fourth-order valence-electron chi connectivity index (χ4n) is 1.28. The van der Waals surface area contributed by atoms with Gasteiger partial charge in [0.25, 0.3) is 0 Å². The molecule has 0 aliphatic heterocycles. The summed E-state index contributed by atoms with van der Waals surface area (Å²) >= 11 is 4.08. The van der Waals surface area contributed by atoms with E-state index in [9.17, 15) is 10.2 Å². The summed E-state index contributed by atoms with van der Waals surface area (Å²) in [5.74, 6) is 1.60. The number of hydrogen-bond acceptors (Lipinski definition) is 3. The van der Waals surface area contributed by atoms with Crippen LogP contribution in [0.15, 0.2) is 36.4 Å². The van der Waals surface area contributed by atoms with E-state index in [1.165, 1.54) is 6.07 Å². The van der Waals surface area contributed by atoms with Crippen LogP contribution in [0.5, 0.6) is 23.0 Å². The molecule has 0 bridgehead atoms. The van der Waals surface area contributed by atoms with E-state index in [4.69, 9.17) is 4.74 Å². The molecule has 0 fully saturated rings. The molecule has 0 saturated carbocycles. The van der Waals surface area contributed by atoms with Crippen molar-refractivity contribution in [3.05, 3.63) is 43.5 Å². The van der Waals surface area contributed by atoms with Crippen LogP contribution >= 0.6 is 45.2 Å². The molecule has 2 N–H and O–H groups in total. The van der Waals surface area contributed by atoms with E-state index in [1.807, 2.05) is 45.2 Å². The summed E-state index contributed by atoms with van der Waals surface area (Å²) in [6.45, 7) is 0. The molecule has 0 saturated heterocycles. The van der Waals surface area contributed by atoms with Crippen LogP contribution in [0.2, 0.25) is 0 Å². The van der Waals surface area contributed by atoms with E-state index in [0.717, 1.165) is 7.14 Å². The standard InChI is InChI=1S/C12H8I2O3/c13-10-5-9(6-11(14)12(10)16)17-8-3-1-2-7(15)4-8/h1-6,15-16H. The fraction of sp³-hybridized carbons (Fsp3) is 0. The molecule has 0 heterocycles. The molecule has 0 aromatic heterocycles. The van der Waals surface area contributed by atoms with E-state index in [1.54, 1.807) is 30.3 Å². The van der Waals surface area contributed by atoms with Crippen LogP contribution in [0, 0.1) is 7.14 Å². The highest BCUT2D eigenvalue weighted by atomic mass is 127. The van der Waals surface area contributed by atoms with E-state index in [2.05, 4.69) is 0 Å². The average molecular weight is 454 g/mol. The zero-order valence-electron chi connectivity index (χ0n) is 8.52. The van der Waals surface area contributed by atoms with Crippen molar-refractivity contribution in [2.75, 3.05) is 0 Å². The van der Waals surface area contributed by atoms with Crippen molar-refractivity contribution in [2.24, 2.45) is 0 Å². The highest BCUT2D eigenvalue weighted by molar-refractivity contribution is 14.1. The van der Waals surface area contributed by atoms with Crippen molar-refractivity contribution < 1.29 is 14.9 Å². The minimum atomic E-state index is 0.158. The molecule has 0 amide bonds. The normalized spacial score (nSPS) is 10.2. The third-order valence-corrected chi connectivity index (χ3v) is 3.69. The second-order valence-corrected chi connectivity index (χ2v) is 5.66. The first-order chi connectivity index (χ1) is 8.06. The first-order valence-corrected chi connectivity index (χ1v) is 6.87. The maximum atomic E-state index is 9.63. The maximum Gasteiger partial charge on any atom is 0.142 e. The first-order valence-electron chi connectivity index (χ1n) is 4.71. The van der Waals surface area contributed by atoms with Gasteiger partial charge >= 0.3 is 0 Å². The lowest BCUT2D eigenvalue weighted by molar-refractivity contribution is 0.448. The summed E-state index contributed by atoms with van der Waals surface area (Å²) in [4.78, 5) is 0. The van der Waals surface area contributed by atoms with Crippen molar-refractivity contribution in [3.8, 4) is 23.0 Å². The first kappa shape index (κ1) is 12.7. The molecule has 5 heteroatoms. The van der Waals surface area contributed by atoms with Gasteiger partial charge in [-0.2, -0.15) is 0 Å². The minimum Gasteiger partial charge on any atom is -0.508 e. The molecular weight excluding hydrogens is 446 g/mol. The summed E-state index contributed by atoms with van der Waals surface area (Å²) in [5, 5.41) is 19.0. The summed E-state index contributed by atoms with van der Waals surface area (Å²) in [5.41, 5.74) is 0. The van der Waals surface area contributed by atoms with Crippen LogP contribution in [-0.2, 0) is 0 Å². The maximum absolute atomic E-state index is 9.63. The van der Waals surface area contributed by atoms with Crippen LogP contribution in [0.1, 0.15) is 0 Å². The lowest BCUT2D eigenvalue weighted by Gasteiger charge is -2.08. The Bertz CT molecular complexity index is 532. The SMILES string of the molecule is Oc1cccc(Oc2cc(I)c(O)c(I)c2)c1. The molecule has 0 aliphatic rings. The fourth-order valence-corrected chi connectivity index (χ4v) is 3.00. The molecule has 0 unspecified atom stereocenters. The Hall–Kier alpha value is -0.700. The summed E-state index contributed by atoms with van der Waals surface area (Å²) in [7, 11) is 0. The summed E-state index contributed by atoms with van der Waals surface area (Å²) in [6, 6.07) is 10.1. The van der Waals surface area contributed by atoms with Crippen LogP contribution in [0.4, 0.5) is 0 Å². The third kappa shape index (κ3) is 3.15. The molecule has 2 aromatic carbocycles. The topological polar surface area (TPSA) is 49.7 Å². The number of ether oxygens (including phenoxy) is 1.